The van der Waals surface area contributed by atoms with Crippen molar-refractivity contribution >= 4 is 15.9 Å². The number of nitrogens with one attached hydrogen (secondary N) is 2. The van der Waals surface area contributed by atoms with E-state index in [1.54, 1.807) is 0 Å². The Hall–Kier alpha value is -0.820. The van der Waals surface area contributed by atoms with E-state index in [2.05, 4.69) is 22.5 Å². The predicted molar refractivity (Wildman–Crippen MR) is 73.9 cm³/mol. The summed E-state index contributed by atoms with van der Waals surface area (Å²) >= 11 is 0. The van der Waals surface area contributed by atoms with Gasteiger partial charge in [0.05, 0.1) is 11.5 Å². The summed E-state index contributed by atoms with van der Waals surface area (Å²) in [5, 5.41) is 5.60. The standard InChI is InChI=1S/C12H23N3O3S/c1-2-15-6-3-4-11(15)8-13-12(16)14-10-5-7-19(17,18)9-10/h10-11H,2-9H2,1H3,(H2,13,14,16)/t10-,11-/m1/s1. The fraction of sp³-hybridized carbons (Fsp3) is 0.917. The summed E-state index contributed by atoms with van der Waals surface area (Å²) in [4.78, 5) is 14.1. The minimum atomic E-state index is -2.94. The molecule has 2 N–H and O–H groups in total. The molecule has 2 amide bonds. The lowest BCUT2D eigenvalue weighted by molar-refractivity contribution is 0.226. The number of urea groups is 1. The van der Waals surface area contributed by atoms with Gasteiger partial charge in [-0.3, -0.25) is 4.90 Å². The van der Waals surface area contributed by atoms with E-state index in [1.165, 1.54) is 6.42 Å². The molecule has 7 heteroatoms. The van der Waals surface area contributed by atoms with Gasteiger partial charge < -0.3 is 10.6 Å². The zero-order valence-electron chi connectivity index (χ0n) is 11.4. The normalized spacial score (nSPS) is 30.4. The molecule has 0 aromatic carbocycles. The lowest BCUT2D eigenvalue weighted by Crippen LogP contribution is -2.47. The summed E-state index contributed by atoms with van der Waals surface area (Å²) in [6, 6.07) is -0.0519. The van der Waals surface area contributed by atoms with Crippen molar-refractivity contribution in [1.29, 1.82) is 0 Å². The Kier molecular flexibility index (Phi) is 4.67. The number of carbonyl (C=O) groups excluding carboxylic acids is 1. The Morgan fingerprint density at radius 3 is 2.79 bits per heavy atom. The summed E-state index contributed by atoms with van der Waals surface area (Å²) in [5.41, 5.74) is 0. The highest BCUT2D eigenvalue weighted by molar-refractivity contribution is 7.91. The first-order valence-electron chi connectivity index (χ1n) is 6.99. The van der Waals surface area contributed by atoms with Gasteiger partial charge in [-0.2, -0.15) is 0 Å². The lowest BCUT2D eigenvalue weighted by Gasteiger charge is -2.23. The molecule has 2 rings (SSSR count). The maximum absolute atomic E-state index is 11.7. The van der Waals surface area contributed by atoms with Crippen LogP contribution in [0.5, 0.6) is 0 Å². The monoisotopic (exact) mass is 289 g/mol. The van der Waals surface area contributed by atoms with E-state index in [0.717, 1.165) is 19.5 Å². The number of likely N-dealkylation sites (N-methyl/N-ethyl adjacent to an activating group) is 1. The fourth-order valence-corrected chi connectivity index (χ4v) is 4.57. The average molecular weight is 289 g/mol. The van der Waals surface area contributed by atoms with Gasteiger partial charge in [0.1, 0.15) is 0 Å². The number of amides is 2. The van der Waals surface area contributed by atoms with Gasteiger partial charge in [0, 0.05) is 18.6 Å². The van der Waals surface area contributed by atoms with Crippen LogP contribution in [0.15, 0.2) is 0 Å². The highest BCUT2D eigenvalue weighted by atomic mass is 32.2. The number of sulfone groups is 1. The van der Waals surface area contributed by atoms with Gasteiger partial charge in [-0.25, -0.2) is 13.2 Å². The molecule has 0 aliphatic carbocycles. The molecular weight excluding hydrogens is 266 g/mol. The molecule has 2 aliphatic rings. The van der Waals surface area contributed by atoms with Gasteiger partial charge in [0.15, 0.2) is 9.84 Å². The molecule has 0 radical (unpaired) electrons. The van der Waals surface area contributed by atoms with Gasteiger partial charge in [-0.05, 0) is 32.4 Å². The molecule has 6 nitrogen and oxygen atoms in total. The second kappa shape index (κ2) is 6.09. The maximum Gasteiger partial charge on any atom is 0.315 e. The first-order chi connectivity index (χ1) is 9.00. The van der Waals surface area contributed by atoms with Crippen molar-refractivity contribution in [3.05, 3.63) is 0 Å². The summed E-state index contributed by atoms with van der Waals surface area (Å²) in [7, 11) is -2.94. The molecule has 0 aromatic rings. The van der Waals surface area contributed by atoms with Crippen LogP contribution in [0.3, 0.4) is 0 Å². The summed E-state index contributed by atoms with van der Waals surface area (Å²) in [6.07, 6.45) is 2.83. The minimum absolute atomic E-state index is 0.0743. The van der Waals surface area contributed by atoms with Crippen molar-refractivity contribution in [1.82, 2.24) is 15.5 Å². The molecule has 2 atom stereocenters. The Morgan fingerprint density at radius 1 is 1.37 bits per heavy atom. The van der Waals surface area contributed by atoms with E-state index in [1.807, 2.05) is 0 Å². The third-order valence-corrected chi connectivity index (χ3v) is 5.74. The van der Waals surface area contributed by atoms with E-state index < -0.39 is 9.84 Å². The van der Waals surface area contributed by atoms with Crippen LogP contribution in [0, 0.1) is 0 Å². The highest BCUT2D eigenvalue weighted by Crippen LogP contribution is 2.15. The molecule has 2 fully saturated rings. The van der Waals surface area contributed by atoms with Crippen LogP contribution in [0.2, 0.25) is 0 Å². The molecule has 0 saturated carbocycles. The third-order valence-electron chi connectivity index (χ3n) is 3.97. The van der Waals surface area contributed by atoms with Gasteiger partial charge in [0.25, 0.3) is 0 Å². The largest absolute Gasteiger partial charge is 0.337 e. The van der Waals surface area contributed by atoms with Crippen LogP contribution >= 0.6 is 0 Å². The maximum atomic E-state index is 11.7. The Bertz CT molecular complexity index is 424. The van der Waals surface area contributed by atoms with Crippen molar-refractivity contribution in [3.8, 4) is 0 Å². The second-order valence-electron chi connectivity index (χ2n) is 5.38. The third kappa shape index (κ3) is 4.07. The molecule has 110 valence electrons. The van der Waals surface area contributed by atoms with Gasteiger partial charge in [-0.15, -0.1) is 0 Å². The SMILES string of the molecule is CCN1CCC[C@@H]1CNC(=O)N[C@@H]1CCS(=O)(=O)C1. The number of rotatable bonds is 4. The van der Waals surface area contributed by atoms with E-state index in [9.17, 15) is 13.2 Å². The number of likely N-dealkylation sites (tertiary alicyclic amines) is 1. The molecular formula is C12H23N3O3S. The summed E-state index contributed by atoms with van der Waals surface area (Å²) < 4.78 is 22.6. The van der Waals surface area contributed by atoms with Crippen LogP contribution < -0.4 is 10.6 Å². The number of nitrogens with zero attached hydrogens (tertiary/aromatic N) is 1. The highest BCUT2D eigenvalue weighted by Gasteiger charge is 2.29. The zero-order chi connectivity index (χ0) is 13.9. The van der Waals surface area contributed by atoms with Crippen LogP contribution in [-0.2, 0) is 9.84 Å². The molecule has 19 heavy (non-hydrogen) atoms. The van der Waals surface area contributed by atoms with Crippen molar-refractivity contribution in [2.75, 3.05) is 31.1 Å². The molecule has 0 unspecified atom stereocenters. The van der Waals surface area contributed by atoms with Crippen molar-refractivity contribution in [3.63, 3.8) is 0 Å². The van der Waals surface area contributed by atoms with Crippen LogP contribution in [0.1, 0.15) is 26.2 Å². The van der Waals surface area contributed by atoms with Crippen LogP contribution in [-0.4, -0.2) is 62.6 Å². The van der Waals surface area contributed by atoms with Crippen LogP contribution in [0.4, 0.5) is 4.79 Å². The molecule has 2 aliphatic heterocycles. The van der Waals surface area contributed by atoms with Crippen molar-refractivity contribution < 1.29 is 13.2 Å². The first-order valence-corrected chi connectivity index (χ1v) is 8.81. The Labute approximate surface area is 114 Å². The first kappa shape index (κ1) is 14.6. The predicted octanol–water partition coefficient (Wildman–Crippen LogP) is -0.0430. The minimum Gasteiger partial charge on any atom is -0.337 e. The van der Waals surface area contributed by atoms with Gasteiger partial charge >= 0.3 is 6.03 Å². The van der Waals surface area contributed by atoms with Gasteiger partial charge in [-0.1, -0.05) is 6.92 Å². The fourth-order valence-electron chi connectivity index (χ4n) is 2.90. The molecule has 2 saturated heterocycles. The Balaban J connectivity index is 1.70. The molecule has 0 spiro atoms. The number of hydrogen-bond acceptors (Lipinski definition) is 4. The second-order valence-corrected chi connectivity index (χ2v) is 7.61. The van der Waals surface area contributed by atoms with Crippen molar-refractivity contribution in [2.45, 2.75) is 38.3 Å². The topological polar surface area (TPSA) is 78.5 Å². The van der Waals surface area contributed by atoms with Crippen molar-refractivity contribution in [2.24, 2.45) is 0 Å². The molecule has 0 aromatic heterocycles. The van der Waals surface area contributed by atoms with E-state index in [0.29, 0.717) is 19.0 Å². The number of hydrogen-bond donors (Lipinski definition) is 2. The van der Waals surface area contributed by atoms with Crippen LogP contribution in [0.25, 0.3) is 0 Å². The van der Waals surface area contributed by atoms with Gasteiger partial charge in [0.2, 0.25) is 0 Å². The number of carbonyl (C=O) groups is 1. The zero-order valence-corrected chi connectivity index (χ0v) is 12.2. The van der Waals surface area contributed by atoms with E-state index >= 15 is 0 Å². The Morgan fingerprint density at radius 2 is 2.16 bits per heavy atom. The van der Waals surface area contributed by atoms with E-state index in [4.69, 9.17) is 0 Å². The van der Waals surface area contributed by atoms with E-state index in [-0.39, 0.29) is 23.6 Å². The lowest BCUT2D eigenvalue weighted by atomic mass is 10.2. The summed E-state index contributed by atoms with van der Waals surface area (Å²) in [5.74, 6) is 0.259. The quantitative estimate of drug-likeness (QED) is 0.761. The summed E-state index contributed by atoms with van der Waals surface area (Å²) in [6.45, 7) is 4.88. The smallest absolute Gasteiger partial charge is 0.315 e. The molecule has 2 heterocycles. The average Bonchev–Trinajstić information content (AvgIpc) is 2.92. The molecule has 0 bridgehead atoms.